The summed E-state index contributed by atoms with van der Waals surface area (Å²) in [5, 5.41) is 16.4. The first-order chi connectivity index (χ1) is 29.1. The molecule has 3 atom stereocenters. The molecule has 12 nitrogen and oxygen atoms in total. The Morgan fingerprint density at radius 3 is 2.35 bits per heavy atom. The van der Waals surface area contributed by atoms with Gasteiger partial charge in [0.1, 0.15) is 5.69 Å². The van der Waals surface area contributed by atoms with Crippen molar-refractivity contribution in [2.24, 2.45) is 0 Å². The normalized spacial score (nSPS) is 18.6. The molecule has 2 bridgehead atoms. The highest BCUT2D eigenvalue weighted by molar-refractivity contribution is 7.99. The molecule has 312 valence electrons. The smallest absolute Gasteiger partial charge is 0.293 e. The SMILES string of the molecule is O=C(NS(=O)(=O)c1ccc(N[C@H](CCN2C[C@@H]3C[C@H]2CO3)CSc2ccccc2)c([N+](=O)[O-])c1)c1ccc(N2CCN(Cc3ccccc3-c3ccc(Cl)cc3)CC2)cc1. The Bertz CT molecular complexity index is 2400. The average Bonchev–Trinajstić information content (AvgIpc) is 3.90. The monoisotopic (exact) mass is 866 g/mol. The number of nitro groups is 1. The van der Waals surface area contributed by atoms with E-state index in [1.165, 1.54) is 23.3 Å². The molecular formula is C45H47ClN6O6S2. The highest BCUT2D eigenvalue weighted by Gasteiger charge is 2.38. The van der Waals surface area contributed by atoms with Crippen LogP contribution < -0.4 is 14.9 Å². The first kappa shape index (κ1) is 41.8. The summed E-state index contributed by atoms with van der Waals surface area (Å²) in [5.74, 6) is -0.180. The van der Waals surface area contributed by atoms with E-state index in [0.717, 1.165) is 87.5 Å². The van der Waals surface area contributed by atoms with Crippen molar-refractivity contribution in [3.8, 4) is 11.1 Å². The maximum atomic E-state index is 13.5. The van der Waals surface area contributed by atoms with E-state index in [-0.39, 0.29) is 34.0 Å². The van der Waals surface area contributed by atoms with Crippen LogP contribution in [0.4, 0.5) is 17.1 Å². The third kappa shape index (κ3) is 10.1. The molecule has 0 spiro atoms. The zero-order valence-corrected chi connectivity index (χ0v) is 35.4. The molecule has 5 aromatic rings. The predicted octanol–water partition coefficient (Wildman–Crippen LogP) is 7.79. The summed E-state index contributed by atoms with van der Waals surface area (Å²) >= 11 is 7.78. The molecule has 3 aliphatic rings. The van der Waals surface area contributed by atoms with Gasteiger partial charge in [-0.15, -0.1) is 11.8 Å². The molecule has 3 fully saturated rings. The van der Waals surface area contributed by atoms with E-state index < -0.39 is 20.9 Å². The molecule has 0 aliphatic carbocycles. The lowest BCUT2D eigenvalue weighted by Gasteiger charge is -2.36. The topological polar surface area (TPSA) is 137 Å². The summed E-state index contributed by atoms with van der Waals surface area (Å²) in [6.45, 7) is 6.49. The molecular weight excluding hydrogens is 820 g/mol. The van der Waals surface area contributed by atoms with Crippen molar-refractivity contribution < 1.29 is 22.9 Å². The molecule has 5 aromatic carbocycles. The minimum atomic E-state index is -4.44. The summed E-state index contributed by atoms with van der Waals surface area (Å²) < 4.78 is 34.8. The Balaban J connectivity index is 0.879. The fourth-order valence-corrected chi connectivity index (χ4v) is 10.3. The summed E-state index contributed by atoms with van der Waals surface area (Å²) in [7, 11) is -4.44. The quantitative estimate of drug-likeness (QED) is 0.0572. The molecule has 1 amide bonds. The molecule has 3 aliphatic heterocycles. The number of hydrogen-bond acceptors (Lipinski definition) is 11. The van der Waals surface area contributed by atoms with Crippen LogP contribution in [0.15, 0.2) is 131 Å². The average molecular weight is 867 g/mol. The van der Waals surface area contributed by atoms with E-state index >= 15 is 0 Å². The third-order valence-corrected chi connectivity index (χ3v) is 14.2. The number of ether oxygens (including phenoxy) is 1. The molecule has 0 saturated carbocycles. The Labute approximate surface area is 360 Å². The number of nitrogens with one attached hydrogen (secondary N) is 2. The molecule has 8 rings (SSSR count). The number of morpholine rings is 1. The number of benzene rings is 5. The minimum absolute atomic E-state index is 0.147. The number of halogens is 1. The molecule has 2 N–H and O–H groups in total. The lowest BCUT2D eigenvalue weighted by Crippen LogP contribution is -2.46. The Morgan fingerprint density at radius 2 is 1.65 bits per heavy atom. The number of nitro benzene ring substituents is 1. The molecule has 3 saturated heterocycles. The first-order valence-electron chi connectivity index (χ1n) is 20.1. The van der Waals surface area contributed by atoms with Crippen LogP contribution in [-0.4, -0.2) is 98.9 Å². The van der Waals surface area contributed by atoms with Crippen LogP contribution in [0.1, 0.15) is 28.8 Å². The standard InChI is InChI=1S/C45H47ClN6O6S2/c46-35-14-10-32(11-15-35)42-9-5-4-6-34(42)28-49-22-24-50(25-23-49)37-16-12-33(13-17-37)45(53)48-60(56,57)41-18-19-43(44(27-41)52(54)55)47-36(31-59-40-7-2-1-3-8-40)20-21-51-29-39-26-38(51)30-58-39/h1-19,27,36,38-39,47H,20-26,28-31H2,(H,48,53)/t36-,38+,39+/m1/s1. The number of likely N-dealkylation sites (tertiary alicyclic amines) is 1. The largest absolute Gasteiger partial charge is 0.376 e. The first-order valence-corrected chi connectivity index (χ1v) is 23.0. The number of thioether (sulfide) groups is 1. The lowest BCUT2D eigenvalue weighted by atomic mass is 9.99. The second-order valence-corrected chi connectivity index (χ2v) is 18.7. The number of fused-ring (bicyclic) bond motifs is 2. The van der Waals surface area contributed by atoms with E-state index in [1.54, 1.807) is 23.9 Å². The number of hydrogen-bond donors (Lipinski definition) is 2. The van der Waals surface area contributed by atoms with Crippen molar-refractivity contribution in [2.45, 2.75) is 47.4 Å². The molecule has 0 unspecified atom stereocenters. The second kappa shape index (κ2) is 18.8. The molecule has 3 heterocycles. The van der Waals surface area contributed by atoms with Gasteiger partial charge >= 0.3 is 0 Å². The van der Waals surface area contributed by atoms with E-state index in [9.17, 15) is 23.3 Å². The van der Waals surface area contributed by atoms with E-state index in [1.807, 2.05) is 72.8 Å². The van der Waals surface area contributed by atoms with Crippen molar-refractivity contribution in [3.63, 3.8) is 0 Å². The zero-order valence-electron chi connectivity index (χ0n) is 33.0. The minimum Gasteiger partial charge on any atom is -0.376 e. The van der Waals surface area contributed by atoms with Gasteiger partial charge in [0, 0.05) is 90.9 Å². The van der Waals surface area contributed by atoms with Crippen LogP contribution in [-0.2, 0) is 21.3 Å². The van der Waals surface area contributed by atoms with Crippen molar-refractivity contribution >= 4 is 56.4 Å². The Hall–Kier alpha value is -4.96. The van der Waals surface area contributed by atoms with Crippen LogP contribution in [0.5, 0.6) is 0 Å². The number of carbonyl (C=O) groups is 1. The number of amides is 1. The maximum Gasteiger partial charge on any atom is 0.293 e. The number of nitrogens with zero attached hydrogens (tertiary/aromatic N) is 4. The maximum absolute atomic E-state index is 13.5. The van der Waals surface area contributed by atoms with Crippen molar-refractivity contribution in [1.82, 2.24) is 14.5 Å². The van der Waals surface area contributed by atoms with Crippen molar-refractivity contribution in [2.75, 3.05) is 61.8 Å². The van der Waals surface area contributed by atoms with Crippen molar-refractivity contribution in [1.29, 1.82) is 0 Å². The van der Waals surface area contributed by atoms with Crippen LogP contribution >= 0.6 is 23.4 Å². The Morgan fingerprint density at radius 1 is 0.917 bits per heavy atom. The number of rotatable bonds is 16. The van der Waals surface area contributed by atoms with E-state index in [0.29, 0.717) is 16.8 Å². The number of carbonyl (C=O) groups excluding carboxylic acids is 1. The summed E-state index contributed by atoms with van der Waals surface area (Å²) in [4.78, 5) is 32.8. The number of anilines is 2. The van der Waals surface area contributed by atoms with Crippen LogP contribution in [0, 0.1) is 10.1 Å². The van der Waals surface area contributed by atoms with Gasteiger partial charge in [0.05, 0.1) is 22.5 Å². The second-order valence-electron chi connectivity index (χ2n) is 15.4. The predicted molar refractivity (Wildman–Crippen MR) is 237 cm³/mol. The molecule has 15 heteroatoms. The Kier molecular flexibility index (Phi) is 13.1. The van der Waals surface area contributed by atoms with E-state index in [4.69, 9.17) is 16.3 Å². The van der Waals surface area contributed by atoms with Gasteiger partial charge in [-0.3, -0.25) is 24.7 Å². The highest BCUT2D eigenvalue weighted by atomic mass is 35.5. The van der Waals surface area contributed by atoms with Crippen LogP contribution in [0.3, 0.4) is 0 Å². The van der Waals surface area contributed by atoms with Crippen molar-refractivity contribution in [3.05, 3.63) is 148 Å². The van der Waals surface area contributed by atoms with Crippen LogP contribution in [0.2, 0.25) is 5.02 Å². The van der Waals surface area contributed by atoms with Gasteiger partial charge in [-0.2, -0.15) is 0 Å². The fourth-order valence-electron chi connectivity index (χ4n) is 8.19. The van der Waals surface area contributed by atoms with Gasteiger partial charge in [-0.1, -0.05) is 66.2 Å². The summed E-state index contributed by atoms with van der Waals surface area (Å²) in [6, 6.07) is 37.0. The zero-order chi connectivity index (χ0) is 41.6. The summed E-state index contributed by atoms with van der Waals surface area (Å²) in [6.07, 6.45) is 2.03. The van der Waals surface area contributed by atoms with Gasteiger partial charge in [0.15, 0.2) is 0 Å². The van der Waals surface area contributed by atoms with Gasteiger partial charge in [-0.25, -0.2) is 13.1 Å². The van der Waals surface area contributed by atoms with Gasteiger partial charge in [0.2, 0.25) is 0 Å². The van der Waals surface area contributed by atoms with Gasteiger partial charge in [-0.05, 0) is 90.2 Å². The third-order valence-electron chi connectivity index (χ3n) is 11.5. The number of sulfonamides is 1. The highest BCUT2D eigenvalue weighted by Crippen LogP contribution is 2.32. The lowest BCUT2D eigenvalue weighted by molar-refractivity contribution is -0.384. The van der Waals surface area contributed by atoms with Gasteiger partial charge < -0.3 is 15.0 Å². The summed E-state index contributed by atoms with van der Waals surface area (Å²) in [5.41, 5.74) is 4.47. The van der Waals surface area contributed by atoms with E-state index in [2.05, 4.69) is 42.9 Å². The van der Waals surface area contributed by atoms with Crippen LogP contribution in [0.25, 0.3) is 11.1 Å². The molecule has 60 heavy (non-hydrogen) atoms. The molecule has 0 radical (unpaired) electrons. The number of piperazine rings is 1. The molecule has 0 aromatic heterocycles. The fraction of sp³-hybridized carbons (Fsp3) is 0.311. The van der Waals surface area contributed by atoms with Gasteiger partial charge in [0.25, 0.3) is 21.6 Å².